The van der Waals surface area contributed by atoms with E-state index in [-0.39, 0.29) is 13.4 Å². The van der Waals surface area contributed by atoms with Crippen molar-refractivity contribution in [1.82, 2.24) is 0 Å². The molecule has 2 aromatic rings. The standard InChI is InChI=1S/C22H25NO6/c1-13(2)18-7-6-17(9-14(18)3)26-11-21(24)29-15(4)22(25)23-16-5-8-19-20(10-16)28-12-27-19/h5-10,13,15H,11-12H2,1-4H3,(H,23,25)/t15-/m1/s1. The van der Waals surface area contributed by atoms with E-state index in [1.165, 1.54) is 12.5 Å². The van der Waals surface area contributed by atoms with E-state index in [4.69, 9.17) is 18.9 Å². The fourth-order valence-corrected chi connectivity index (χ4v) is 3.03. The average molecular weight is 399 g/mol. The van der Waals surface area contributed by atoms with Gasteiger partial charge in [0, 0.05) is 11.8 Å². The number of hydrogen-bond acceptors (Lipinski definition) is 6. The van der Waals surface area contributed by atoms with Crippen molar-refractivity contribution in [2.24, 2.45) is 0 Å². The van der Waals surface area contributed by atoms with Crippen LogP contribution in [0.1, 0.15) is 37.8 Å². The van der Waals surface area contributed by atoms with Crippen LogP contribution in [0.2, 0.25) is 0 Å². The average Bonchev–Trinajstić information content (AvgIpc) is 3.14. The number of nitrogens with one attached hydrogen (secondary N) is 1. The molecule has 0 bridgehead atoms. The van der Waals surface area contributed by atoms with Gasteiger partial charge in [-0.3, -0.25) is 4.79 Å². The van der Waals surface area contributed by atoms with Crippen molar-refractivity contribution < 1.29 is 28.5 Å². The number of carbonyl (C=O) groups excluding carboxylic acids is 2. The Balaban J connectivity index is 1.48. The summed E-state index contributed by atoms with van der Waals surface area (Å²) in [5.41, 5.74) is 2.86. The molecule has 1 atom stereocenters. The summed E-state index contributed by atoms with van der Waals surface area (Å²) in [5, 5.41) is 2.68. The van der Waals surface area contributed by atoms with Gasteiger partial charge >= 0.3 is 5.97 Å². The molecular formula is C22H25NO6. The first kappa shape index (κ1) is 20.5. The maximum Gasteiger partial charge on any atom is 0.344 e. The van der Waals surface area contributed by atoms with Crippen molar-refractivity contribution in [3.8, 4) is 17.2 Å². The molecular weight excluding hydrogens is 374 g/mol. The Hall–Kier alpha value is -3.22. The van der Waals surface area contributed by atoms with Gasteiger partial charge in [0.05, 0.1) is 0 Å². The largest absolute Gasteiger partial charge is 0.482 e. The van der Waals surface area contributed by atoms with Gasteiger partial charge in [0.25, 0.3) is 5.91 Å². The van der Waals surface area contributed by atoms with Crippen LogP contribution in [0, 0.1) is 6.92 Å². The number of anilines is 1. The Morgan fingerprint density at radius 2 is 1.83 bits per heavy atom. The van der Waals surface area contributed by atoms with Gasteiger partial charge in [-0.2, -0.15) is 0 Å². The molecule has 29 heavy (non-hydrogen) atoms. The highest BCUT2D eigenvalue weighted by atomic mass is 16.7. The van der Waals surface area contributed by atoms with Crippen LogP contribution < -0.4 is 19.5 Å². The van der Waals surface area contributed by atoms with Crippen LogP contribution >= 0.6 is 0 Å². The van der Waals surface area contributed by atoms with E-state index in [1.807, 2.05) is 25.1 Å². The molecule has 1 aliphatic rings. The second kappa shape index (κ2) is 8.86. The Morgan fingerprint density at radius 3 is 2.55 bits per heavy atom. The van der Waals surface area contributed by atoms with Crippen LogP contribution in [0.25, 0.3) is 0 Å². The third-order valence-electron chi connectivity index (χ3n) is 4.54. The smallest absolute Gasteiger partial charge is 0.344 e. The van der Waals surface area contributed by atoms with Crippen molar-refractivity contribution in [3.05, 3.63) is 47.5 Å². The second-order valence-corrected chi connectivity index (χ2v) is 7.15. The van der Waals surface area contributed by atoms with Crippen molar-refractivity contribution in [2.75, 3.05) is 18.7 Å². The number of benzene rings is 2. The lowest BCUT2D eigenvalue weighted by Crippen LogP contribution is -2.31. The molecule has 3 rings (SSSR count). The predicted octanol–water partition coefficient (Wildman–Crippen LogP) is 3.80. The van der Waals surface area contributed by atoms with Crippen LogP contribution in [0.3, 0.4) is 0 Å². The molecule has 2 aromatic carbocycles. The molecule has 1 heterocycles. The number of hydrogen-bond donors (Lipinski definition) is 1. The lowest BCUT2D eigenvalue weighted by atomic mass is 9.98. The molecule has 0 aromatic heterocycles. The third kappa shape index (κ3) is 5.19. The number of fused-ring (bicyclic) bond motifs is 1. The highest BCUT2D eigenvalue weighted by Gasteiger charge is 2.20. The fourth-order valence-electron chi connectivity index (χ4n) is 3.03. The van der Waals surface area contributed by atoms with Gasteiger partial charge in [-0.15, -0.1) is 0 Å². The molecule has 1 N–H and O–H groups in total. The van der Waals surface area contributed by atoms with Crippen molar-refractivity contribution in [1.29, 1.82) is 0 Å². The molecule has 0 radical (unpaired) electrons. The molecule has 0 saturated heterocycles. The van der Waals surface area contributed by atoms with Crippen molar-refractivity contribution in [3.63, 3.8) is 0 Å². The third-order valence-corrected chi connectivity index (χ3v) is 4.54. The molecule has 0 aliphatic carbocycles. The van der Waals surface area contributed by atoms with Crippen LogP contribution in [-0.2, 0) is 14.3 Å². The van der Waals surface area contributed by atoms with E-state index in [0.717, 1.165) is 5.56 Å². The quantitative estimate of drug-likeness (QED) is 0.713. The van der Waals surface area contributed by atoms with E-state index in [0.29, 0.717) is 28.9 Å². The summed E-state index contributed by atoms with van der Waals surface area (Å²) in [6.07, 6.45) is -0.971. The van der Waals surface area contributed by atoms with E-state index >= 15 is 0 Å². The Kier molecular flexibility index (Phi) is 6.26. The summed E-state index contributed by atoms with van der Waals surface area (Å²) in [6, 6.07) is 10.7. The Morgan fingerprint density at radius 1 is 1.07 bits per heavy atom. The minimum atomic E-state index is -0.971. The number of esters is 1. The van der Waals surface area contributed by atoms with Gasteiger partial charge in [-0.25, -0.2) is 4.79 Å². The van der Waals surface area contributed by atoms with Gasteiger partial charge in [-0.1, -0.05) is 19.9 Å². The normalized spacial score (nSPS) is 13.1. The first-order valence-corrected chi connectivity index (χ1v) is 9.47. The van der Waals surface area contributed by atoms with Crippen LogP contribution in [0.5, 0.6) is 17.2 Å². The highest BCUT2D eigenvalue weighted by Crippen LogP contribution is 2.34. The summed E-state index contributed by atoms with van der Waals surface area (Å²) in [6.45, 7) is 7.62. The summed E-state index contributed by atoms with van der Waals surface area (Å²) >= 11 is 0. The predicted molar refractivity (Wildman–Crippen MR) is 108 cm³/mol. The van der Waals surface area contributed by atoms with Crippen molar-refractivity contribution in [2.45, 2.75) is 39.7 Å². The lowest BCUT2D eigenvalue weighted by Gasteiger charge is -2.15. The van der Waals surface area contributed by atoms with E-state index < -0.39 is 18.0 Å². The highest BCUT2D eigenvalue weighted by molar-refractivity contribution is 5.95. The number of ether oxygens (including phenoxy) is 4. The van der Waals surface area contributed by atoms with Crippen LogP contribution in [0.15, 0.2) is 36.4 Å². The van der Waals surface area contributed by atoms with E-state index in [9.17, 15) is 9.59 Å². The molecule has 0 unspecified atom stereocenters. The SMILES string of the molecule is Cc1cc(OCC(=O)O[C@H](C)C(=O)Nc2ccc3c(c2)OCO3)ccc1C(C)C. The monoisotopic (exact) mass is 399 g/mol. The molecule has 0 saturated carbocycles. The molecule has 1 aliphatic heterocycles. The minimum Gasteiger partial charge on any atom is -0.482 e. The van der Waals surface area contributed by atoms with Gasteiger partial charge < -0.3 is 24.3 Å². The number of aryl methyl sites for hydroxylation is 1. The second-order valence-electron chi connectivity index (χ2n) is 7.15. The first-order chi connectivity index (χ1) is 13.8. The number of amides is 1. The number of rotatable bonds is 7. The topological polar surface area (TPSA) is 83.1 Å². The lowest BCUT2D eigenvalue weighted by molar-refractivity contribution is -0.155. The fraction of sp³-hybridized carbons (Fsp3) is 0.364. The minimum absolute atomic E-state index is 0.153. The maximum atomic E-state index is 12.3. The molecule has 0 spiro atoms. The Bertz CT molecular complexity index is 908. The number of carbonyl (C=O) groups is 2. The zero-order valence-corrected chi connectivity index (χ0v) is 17.0. The summed E-state index contributed by atoms with van der Waals surface area (Å²) in [7, 11) is 0. The molecule has 7 nitrogen and oxygen atoms in total. The van der Waals surface area contributed by atoms with Gasteiger partial charge in [0.15, 0.2) is 24.2 Å². The van der Waals surface area contributed by atoms with Gasteiger partial charge in [0.2, 0.25) is 6.79 Å². The molecule has 154 valence electrons. The summed E-state index contributed by atoms with van der Waals surface area (Å²) in [4.78, 5) is 24.3. The van der Waals surface area contributed by atoms with Crippen LogP contribution in [-0.4, -0.2) is 31.4 Å². The molecule has 0 fully saturated rings. The first-order valence-electron chi connectivity index (χ1n) is 9.47. The van der Waals surface area contributed by atoms with Gasteiger partial charge in [-0.05, 0) is 55.2 Å². The molecule has 7 heteroatoms. The zero-order chi connectivity index (χ0) is 21.0. The molecule has 1 amide bonds. The van der Waals surface area contributed by atoms with E-state index in [2.05, 4.69) is 19.2 Å². The Labute approximate surface area is 169 Å². The van der Waals surface area contributed by atoms with Crippen molar-refractivity contribution >= 4 is 17.6 Å². The van der Waals surface area contributed by atoms with Gasteiger partial charge in [0.1, 0.15) is 5.75 Å². The maximum absolute atomic E-state index is 12.3. The van der Waals surface area contributed by atoms with Crippen LogP contribution in [0.4, 0.5) is 5.69 Å². The zero-order valence-electron chi connectivity index (χ0n) is 17.0. The summed E-state index contributed by atoms with van der Waals surface area (Å²) < 4.78 is 21.2. The summed E-state index contributed by atoms with van der Waals surface area (Å²) in [5.74, 6) is 1.11. The van der Waals surface area contributed by atoms with E-state index in [1.54, 1.807) is 18.2 Å².